The Morgan fingerprint density at radius 3 is 2.59 bits per heavy atom. The van der Waals surface area contributed by atoms with E-state index in [2.05, 4.69) is 25.8 Å². The number of carbonyl (C=O) groups is 2. The number of hydrogen-bond donors (Lipinski definition) is 1. The first kappa shape index (κ1) is 29.8. The van der Waals surface area contributed by atoms with Crippen LogP contribution < -0.4 is 20.7 Å². The summed E-state index contributed by atoms with van der Waals surface area (Å²) in [5.41, 5.74) is 6.21. The predicted molar refractivity (Wildman–Crippen MR) is 175 cm³/mol. The molecular weight excluding hydrogens is 584 g/mol. The molecule has 0 bridgehead atoms. The molecule has 1 aromatic carbocycles. The van der Waals surface area contributed by atoms with Crippen molar-refractivity contribution in [3.05, 3.63) is 99.4 Å². The number of rotatable bonds is 7. The van der Waals surface area contributed by atoms with Gasteiger partial charge in [-0.1, -0.05) is 18.2 Å². The van der Waals surface area contributed by atoms with Crippen molar-refractivity contribution in [1.82, 2.24) is 14.1 Å². The number of nitrogens with one attached hydrogen (secondary N) is 1. The van der Waals surface area contributed by atoms with E-state index < -0.39 is 12.1 Å². The van der Waals surface area contributed by atoms with Crippen molar-refractivity contribution in [2.45, 2.75) is 45.3 Å². The highest BCUT2D eigenvalue weighted by Gasteiger charge is 2.33. The Morgan fingerprint density at radius 2 is 1.80 bits per heavy atom. The maximum atomic E-state index is 14.0. The summed E-state index contributed by atoms with van der Waals surface area (Å²) in [6.07, 6.45) is 6.88. The van der Waals surface area contributed by atoms with E-state index in [0.717, 1.165) is 44.5 Å². The molecule has 1 unspecified atom stereocenters. The number of fused-ring (bicyclic) bond motifs is 3. The fraction of sp³-hybridized carbons (Fsp3) is 0.371. The van der Waals surface area contributed by atoms with Gasteiger partial charge in [0, 0.05) is 63.2 Å². The summed E-state index contributed by atoms with van der Waals surface area (Å²) >= 11 is 0. The molecule has 1 aliphatic carbocycles. The van der Waals surface area contributed by atoms with Gasteiger partial charge in [-0.15, -0.1) is 0 Å². The van der Waals surface area contributed by atoms with E-state index in [1.165, 1.54) is 22.7 Å². The number of benzene rings is 1. The molecule has 1 fully saturated rings. The number of esters is 1. The van der Waals surface area contributed by atoms with Gasteiger partial charge in [0.05, 0.1) is 30.8 Å². The molecule has 2 aliphatic heterocycles. The van der Waals surface area contributed by atoms with Gasteiger partial charge in [0.1, 0.15) is 17.2 Å². The first-order valence-electron chi connectivity index (χ1n) is 15.9. The summed E-state index contributed by atoms with van der Waals surface area (Å²) in [5.74, 6) is -0.0283. The average Bonchev–Trinajstić information content (AvgIpc) is 3.46. The highest BCUT2D eigenvalue weighted by molar-refractivity contribution is 6.06. The second-order valence-electron chi connectivity index (χ2n) is 12.1. The number of amides is 1. The Kier molecular flexibility index (Phi) is 8.08. The molecule has 7 rings (SSSR count). The van der Waals surface area contributed by atoms with Crippen LogP contribution in [0.1, 0.15) is 58.7 Å². The third-order valence-corrected chi connectivity index (χ3v) is 9.11. The fourth-order valence-corrected chi connectivity index (χ4v) is 6.88. The van der Waals surface area contributed by atoms with Crippen LogP contribution >= 0.6 is 0 Å². The van der Waals surface area contributed by atoms with Gasteiger partial charge in [0.2, 0.25) is 0 Å². The molecule has 0 radical (unpaired) electrons. The first-order chi connectivity index (χ1) is 22.4. The fourth-order valence-electron chi connectivity index (χ4n) is 6.88. The highest BCUT2D eigenvalue weighted by atomic mass is 16.5. The Labute approximate surface area is 267 Å². The number of pyridine rings is 2. The van der Waals surface area contributed by atoms with Crippen molar-refractivity contribution in [2.24, 2.45) is 7.05 Å². The van der Waals surface area contributed by atoms with Crippen molar-refractivity contribution in [2.75, 3.05) is 48.0 Å². The Bertz CT molecular complexity index is 1840. The molecule has 1 atom stereocenters. The molecule has 1 amide bonds. The van der Waals surface area contributed by atoms with Crippen LogP contribution in [-0.4, -0.2) is 58.8 Å². The summed E-state index contributed by atoms with van der Waals surface area (Å²) in [4.78, 5) is 48.3. The molecule has 1 N–H and O–H groups in total. The van der Waals surface area contributed by atoms with Crippen LogP contribution in [0.5, 0.6) is 0 Å². The SMILES string of the molecule is CC(=O)OC(c1cc(Nc2ccc(N3CCOCC3)cn2)c(=O)n(C)c1)c1ccccc1N1CCn2c(cc3c2CCCC3)C1=O. The van der Waals surface area contributed by atoms with Gasteiger partial charge in [-0.25, -0.2) is 4.98 Å². The van der Waals surface area contributed by atoms with Gasteiger partial charge >= 0.3 is 5.97 Å². The molecular formula is C35H38N6O5. The second kappa shape index (κ2) is 12.5. The Morgan fingerprint density at radius 1 is 1.00 bits per heavy atom. The van der Waals surface area contributed by atoms with Crippen molar-refractivity contribution in [1.29, 1.82) is 0 Å². The lowest BCUT2D eigenvalue weighted by atomic mass is 9.98. The number of carbonyl (C=O) groups excluding carboxylic acids is 2. The summed E-state index contributed by atoms with van der Waals surface area (Å²) in [6, 6.07) is 15.1. The lowest BCUT2D eigenvalue weighted by Gasteiger charge is -2.32. The van der Waals surface area contributed by atoms with Gasteiger partial charge in [0.15, 0.2) is 6.10 Å². The van der Waals surface area contributed by atoms with Gasteiger partial charge < -0.3 is 33.7 Å². The van der Waals surface area contributed by atoms with Crippen LogP contribution in [-0.2, 0) is 40.7 Å². The number of ether oxygens (including phenoxy) is 2. The third kappa shape index (κ3) is 5.66. The molecule has 3 aromatic heterocycles. The minimum Gasteiger partial charge on any atom is -0.453 e. The van der Waals surface area contributed by atoms with E-state index in [1.54, 1.807) is 30.4 Å². The van der Waals surface area contributed by atoms with Crippen molar-refractivity contribution >= 4 is 34.8 Å². The highest BCUT2D eigenvalue weighted by Crippen LogP contribution is 2.37. The molecule has 4 aromatic rings. The van der Waals surface area contributed by atoms with Crippen LogP contribution in [0.2, 0.25) is 0 Å². The Balaban J connectivity index is 1.21. The van der Waals surface area contributed by atoms with E-state index in [4.69, 9.17) is 9.47 Å². The summed E-state index contributed by atoms with van der Waals surface area (Å²) in [7, 11) is 1.66. The summed E-state index contributed by atoms with van der Waals surface area (Å²) in [6.45, 7) is 5.52. The van der Waals surface area contributed by atoms with Crippen molar-refractivity contribution in [3.8, 4) is 0 Å². The zero-order valence-electron chi connectivity index (χ0n) is 26.2. The van der Waals surface area contributed by atoms with Gasteiger partial charge in [-0.3, -0.25) is 14.4 Å². The first-order valence-corrected chi connectivity index (χ1v) is 15.9. The smallest absolute Gasteiger partial charge is 0.303 e. The quantitative estimate of drug-likeness (QED) is 0.303. The molecule has 0 spiro atoms. The standard InChI is InChI=1S/C35H38N6O5/c1-23(42)46-33(25-19-28(34(43)38(2)22-25)37-32-12-11-26(21-36-32)39-15-17-45-18-16-39)27-8-4-6-10-30(27)41-14-13-40-29-9-5-3-7-24(29)20-31(40)35(41)44/h4,6,8,10-12,19-22,33H,3,5,7,9,13-18H2,1-2H3,(H,36,37). The predicted octanol–water partition coefficient (Wildman–Crippen LogP) is 4.35. The van der Waals surface area contributed by atoms with E-state index >= 15 is 0 Å². The zero-order chi connectivity index (χ0) is 31.8. The van der Waals surface area contributed by atoms with Crippen LogP contribution in [0.3, 0.4) is 0 Å². The van der Waals surface area contributed by atoms with E-state index in [0.29, 0.717) is 60.3 Å². The normalized spacial score (nSPS) is 16.9. The number of aromatic nitrogens is 3. The van der Waals surface area contributed by atoms with Crippen LogP contribution in [0.15, 0.2) is 65.7 Å². The maximum Gasteiger partial charge on any atom is 0.303 e. The number of nitrogens with zero attached hydrogens (tertiary/aromatic N) is 5. The number of morpholine rings is 1. The minimum absolute atomic E-state index is 0.0657. The maximum absolute atomic E-state index is 14.0. The van der Waals surface area contributed by atoms with Crippen LogP contribution in [0.4, 0.5) is 22.9 Å². The van der Waals surface area contributed by atoms with Crippen molar-refractivity contribution < 1.29 is 19.1 Å². The zero-order valence-corrected chi connectivity index (χ0v) is 26.2. The number of para-hydroxylation sites is 1. The second-order valence-corrected chi connectivity index (χ2v) is 12.1. The largest absolute Gasteiger partial charge is 0.453 e. The summed E-state index contributed by atoms with van der Waals surface area (Å²) < 4.78 is 15.0. The van der Waals surface area contributed by atoms with Gasteiger partial charge in [-0.2, -0.15) is 0 Å². The molecule has 1 saturated heterocycles. The van der Waals surface area contributed by atoms with Gasteiger partial charge in [-0.05, 0) is 61.6 Å². The Hall–Kier alpha value is -4.90. The van der Waals surface area contributed by atoms with Crippen LogP contribution in [0, 0.1) is 0 Å². The van der Waals surface area contributed by atoms with E-state index in [1.807, 2.05) is 36.4 Å². The van der Waals surface area contributed by atoms with E-state index in [9.17, 15) is 14.4 Å². The average molecular weight is 623 g/mol. The third-order valence-electron chi connectivity index (χ3n) is 9.11. The molecule has 46 heavy (non-hydrogen) atoms. The van der Waals surface area contributed by atoms with Crippen molar-refractivity contribution in [3.63, 3.8) is 0 Å². The van der Waals surface area contributed by atoms with Gasteiger partial charge in [0.25, 0.3) is 11.5 Å². The molecule has 0 saturated carbocycles. The molecule has 11 heteroatoms. The van der Waals surface area contributed by atoms with Crippen LogP contribution in [0.25, 0.3) is 0 Å². The summed E-state index contributed by atoms with van der Waals surface area (Å²) in [5, 5.41) is 3.17. The monoisotopic (exact) mass is 622 g/mol. The molecule has 5 heterocycles. The number of anilines is 4. The minimum atomic E-state index is -0.868. The topological polar surface area (TPSA) is 111 Å². The lowest BCUT2D eigenvalue weighted by Crippen LogP contribution is -2.41. The molecule has 238 valence electrons. The lowest BCUT2D eigenvalue weighted by molar-refractivity contribution is -0.144. The molecule has 3 aliphatic rings. The number of aryl methyl sites for hydroxylation is 2. The van der Waals surface area contributed by atoms with E-state index in [-0.39, 0.29) is 11.5 Å². The molecule has 11 nitrogen and oxygen atoms in total. The number of hydrogen-bond acceptors (Lipinski definition) is 8.